The number of hydrogen-bond acceptors (Lipinski definition) is 5. The number of piperidine rings is 1. The molecule has 1 aromatic carbocycles. The Kier molecular flexibility index (Phi) is 6.50. The highest BCUT2D eigenvalue weighted by Gasteiger charge is 2.61. The molecule has 8 nitrogen and oxygen atoms in total. The summed E-state index contributed by atoms with van der Waals surface area (Å²) in [6.07, 6.45) is 6.96. The number of urea groups is 1. The Morgan fingerprint density at radius 3 is 2.81 bits per heavy atom. The molecule has 2 amide bonds. The quantitative estimate of drug-likeness (QED) is 0.615. The van der Waals surface area contributed by atoms with Gasteiger partial charge >= 0.3 is 6.03 Å². The van der Waals surface area contributed by atoms with E-state index < -0.39 is 0 Å². The van der Waals surface area contributed by atoms with Gasteiger partial charge in [-0.25, -0.2) is 4.79 Å². The zero-order valence-electron chi connectivity index (χ0n) is 18.3. The third kappa shape index (κ3) is 4.16. The van der Waals surface area contributed by atoms with E-state index >= 15 is 0 Å². The van der Waals surface area contributed by atoms with Crippen molar-refractivity contribution in [3.8, 4) is 5.69 Å². The van der Waals surface area contributed by atoms with E-state index in [0.717, 1.165) is 25.7 Å². The maximum absolute atomic E-state index is 13.4. The van der Waals surface area contributed by atoms with Crippen LogP contribution in [0.3, 0.4) is 0 Å². The Morgan fingerprint density at radius 2 is 2.10 bits per heavy atom. The zero-order valence-corrected chi connectivity index (χ0v) is 19.0. The lowest BCUT2D eigenvalue weighted by molar-refractivity contribution is -0.173. The Labute approximate surface area is 187 Å². The number of amides is 2. The summed E-state index contributed by atoms with van der Waals surface area (Å²) in [5, 5.41) is 11.9. The van der Waals surface area contributed by atoms with Gasteiger partial charge in [0.2, 0.25) is 0 Å². The minimum absolute atomic E-state index is 0.0125. The fourth-order valence-electron chi connectivity index (χ4n) is 5.35. The van der Waals surface area contributed by atoms with E-state index in [4.69, 9.17) is 21.1 Å². The fraction of sp³-hybridized carbons (Fsp3) is 0.591. The number of ether oxygens (including phenoxy) is 2. The lowest BCUT2D eigenvalue weighted by atomic mass is 9.61. The van der Waals surface area contributed by atoms with Crippen LogP contribution in [0.25, 0.3) is 5.69 Å². The molecule has 2 aliphatic rings. The number of nitrogens with one attached hydrogen (secondary N) is 1. The molecular weight excluding hydrogens is 418 g/mol. The predicted molar refractivity (Wildman–Crippen MR) is 119 cm³/mol. The number of likely N-dealkylation sites (tertiary alicyclic amines) is 1. The highest BCUT2D eigenvalue weighted by atomic mass is 35.5. The van der Waals surface area contributed by atoms with E-state index in [1.807, 2.05) is 4.90 Å². The number of methoxy groups -OCH3 is 1. The molecule has 31 heavy (non-hydrogen) atoms. The fourth-order valence-corrected chi connectivity index (χ4v) is 5.54. The first-order valence-corrected chi connectivity index (χ1v) is 11.2. The van der Waals surface area contributed by atoms with Crippen molar-refractivity contribution in [2.45, 2.75) is 57.2 Å². The second-order valence-corrected chi connectivity index (χ2v) is 8.96. The van der Waals surface area contributed by atoms with Crippen molar-refractivity contribution < 1.29 is 14.3 Å². The van der Waals surface area contributed by atoms with E-state index in [-0.39, 0.29) is 23.7 Å². The molecule has 1 aliphatic carbocycles. The molecule has 1 N–H and O–H groups in total. The number of rotatable bonds is 8. The maximum atomic E-state index is 13.4. The van der Waals surface area contributed by atoms with Crippen molar-refractivity contribution >= 4 is 23.3 Å². The number of carbonyl (C=O) groups excluding carboxylic acids is 1. The van der Waals surface area contributed by atoms with Gasteiger partial charge in [0, 0.05) is 18.8 Å². The lowest BCUT2D eigenvalue weighted by Crippen LogP contribution is -2.76. The van der Waals surface area contributed by atoms with Crippen molar-refractivity contribution in [2.75, 3.05) is 25.6 Å². The van der Waals surface area contributed by atoms with Crippen molar-refractivity contribution in [3.05, 3.63) is 35.6 Å². The molecule has 0 spiro atoms. The van der Waals surface area contributed by atoms with Gasteiger partial charge in [0.15, 0.2) is 0 Å². The summed E-state index contributed by atoms with van der Waals surface area (Å²) in [6.45, 7) is 5.47. The number of fused-ring (bicyclic) bond motifs is 2. The van der Waals surface area contributed by atoms with Crippen LogP contribution in [0.2, 0.25) is 5.02 Å². The molecule has 2 fully saturated rings. The number of anilines is 1. The molecular formula is C22H30ClN5O3. The molecule has 2 bridgehead atoms. The third-order valence-electron chi connectivity index (χ3n) is 6.44. The number of hydrogen-bond donors (Lipinski definition) is 1. The van der Waals surface area contributed by atoms with Gasteiger partial charge in [0.25, 0.3) is 0 Å². The molecule has 1 aromatic heterocycles. The van der Waals surface area contributed by atoms with Crippen LogP contribution in [0, 0.1) is 5.92 Å². The molecule has 4 atom stereocenters. The van der Waals surface area contributed by atoms with Gasteiger partial charge in [0.05, 0.1) is 42.3 Å². The summed E-state index contributed by atoms with van der Waals surface area (Å²) in [5.74, 6) is 0.566. The molecule has 1 aliphatic heterocycles. The molecule has 0 unspecified atom stereocenters. The van der Waals surface area contributed by atoms with Gasteiger partial charge in [-0.2, -0.15) is 15.0 Å². The standard InChI is InChI=1S/C22H30ClN5O3/c1-4-20(31-10-9-30-3)22-13-15(2)11-17(14-22)27(22)21(29)26-16-5-6-18(23)19(12-16)28-24-7-8-25-28/h5-8,12,15,17,20H,4,9-11,13-14H2,1-3H3,(H,26,29)/t15-,17-,20-,22+/m1/s1. The highest BCUT2D eigenvalue weighted by molar-refractivity contribution is 6.32. The normalized spacial score (nSPS) is 25.7. The molecule has 2 aromatic rings. The largest absolute Gasteiger partial charge is 0.382 e. The number of nitrogens with zero attached hydrogens (tertiary/aromatic N) is 4. The van der Waals surface area contributed by atoms with Gasteiger partial charge in [-0.05, 0) is 49.8 Å². The van der Waals surface area contributed by atoms with Crippen LogP contribution in [0.15, 0.2) is 30.6 Å². The van der Waals surface area contributed by atoms with Crippen LogP contribution in [0.5, 0.6) is 0 Å². The minimum atomic E-state index is -0.270. The van der Waals surface area contributed by atoms with Crippen LogP contribution in [-0.4, -0.2) is 63.9 Å². The Morgan fingerprint density at radius 1 is 1.32 bits per heavy atom. The molecule has 9 heteroatoms. The average molecular weight is 448 g/mol. The van der Waals surface area contributed by atoms with E-state index in [1.54, 1.807) is 37.7 Å². The van der Waals surface area contributed by atoms with E-state index in [9.17, 15) is 4.79 Å². The summed E-state index contributed by atoms with van der Waals surface area (Å²) in [7, 11) is 1.67. The van der Waals surface area contributed by atoms with Crippen molar-refractivity contribution in [3.63, 3.8) is 0 Å². The van der Waals surface area contributed by atoms with E-state index in [2.05, 4.69) is 29.4 Å². The lowest BCUT2D eigenvalue weighted by Gasteiger charge is -2.65. The number of benzene rings is 1. The smallest absolute Gasteiger partial charge is 0.322 e. The van der Waals surface area contributed by atoms with Crippen molar-refractivity contribution in [1.82, 2.24) is 19.9 Å². The molecule has 0 radical (unpaired) electrons. The number of halogens is 1. The number of aromatic nitrogens is 3. The first kappa shape index (κ1) is 22.0. The summed E-state index contributed by atoms with van der Waals surface area (Å²) in [6, 6.07) is 5.47. The second-order valence-electron chi connectivity index (χ2n) is 8.55. The topological polar surface area (TPSA) is 81.5 Å². The van der Waals surface area contributed by atoms with Crippen LogP contribution >= 0.6 is 11.6 Å². The minimum Gasteiger partial charge on any atom is -0.382 e. The second kappa shape index (κ2) is 9.14. The predicted octanol–water partition coefficient (Wildman–Crippen LogP) is 4.14. The molecule has 168 valence electrons. The Balaban J connectivity index is 1.54. The average Bonchev–Trinajstić information content (AvgIpc) is 3.26. The van der Waals surface area contributed by atoms with Gasteiger partial charge < -0.3 is 19.7 Å². The first-order chi connectivity index (χ1) is 15.0. The molecule has 2 heterocycles. The summed E-state index contributed by atoms with van der Waals surface area (Å²) in [5.41, 5.74) is 1.00. The third-order valence-corrected chi connectivity index (χ3v) is 6.76. The van der Waals surface area contributed by atoms with Gasteiger partial charge in [-0.1, -0.05) is 25.4 Å². The van der Waals surface area contributed by atoms with Gasteiger partial charge in [0.1, 0.15) is 5.69 Å². The zero-order chi connectivity index (χ0) is 22.0. The van der Waals surface area contributed by atoms with Crippen molar-refractivity contribution in [2.24, 2.45) is 5.92 Å². The van der Waals surface area contributed by atoms with E-state index in [1.165, 1.54) is 4.80 Å². The highest BCUT2D eigenvalue weighted by Crippen LogP contribution is 2.53. The van der Waals surface area contributed by atoms with Crippen LogP contribution < -0.4 is 5.32 Å². The summed E-state index contributed by atoms with van der Waals surface area (Å²) < 4.78 is 11.3. The van der Waals surface area contributed by atoms with E-state index in [0.29, 0.717) is 35.5 Å². The summed E-state index contributed by atoms with van der Waals surface area (Å²) >= 11 is 6.31. The summed E-state index contributed by atoms with van der Waals surface area (Å²) in [4.78, 5) is 16.9. The monoisotopic (exact) mass is 447 g/mol. The SMILES string of the molecule is CC[C@@H](OCCOC)[C@]12C[C@H](C)C[C@H](C1)N2C(=O)Nc1ccc(Cl)c(-n2nccn2)c1. The van der Waals surface area contributed by atoms with Crippen LogP contribution in [0.4, 0.5) is 10.5 Å². The first-order valence-electron chi connectivity index (χ1n) is 10.9. The van der Waals surface area contributed by atoms with Crippen molar-refractivity contribution in [1.29, 1.82) is 0 Å². The Hall–Kier alpha value is -2.16. The molecule has 1 saturated heterocycles. The molecule has 4 rings (SSSR count). The maximum Gasteiger partial charge on any atom is 0.322 e. The van der Waals surface area contributed by atoms with Crippen LogP contribution in [-0.2, 0) is 9.47 Å². The number of carbonyl (C=O) groups is 1. The molecule has 1 saturated carbocycles. The van der Waals surface area contributed by atoms with Gasteiger partial charge in [-0.3, -0.25) is 0 Å². The van der Waals surface area contributed by atoms with Gasteiger partial charge in [-0.15, -0.1) is 0 Å². The van der Waals surface area contributed by atoms with Crippen LogP contribution in [0.1, 0.15) is 39.5 Å². The Bertz CT molecular complexity index is 909.